The quantitative estimate of drug-likeness (QED) is 0.727. The molecule has 0 saturated carbocycles. The third-order valence-electron chi connectivity index (χ3n) is 3.24. The highest BCUT2D eigenvalue weighted by Crippen LogP contribution is 2.23. The Labute approximate surface area is 127 Å². The average molecular weight is 297 g/mol. The minimum absolute atomic E-state index is 0.314. The van der Waals surface area contributed by atoms with E-state index in [1.165, 1.54) is 0 Å². The molecule has 0 fully saturated rings. The van der Waals surface area contributed by atoms with E-state index in [0.29, 0.717) is 10.8 Å². The monoisotopic (exact) mass is 297 g/mol. The van der Waals surface area contributed by atoms with E-state index in [9.17, 15) is 0 Å². The molecule has 0 aliphatic rings. The van der Waals surface area contributed by atoms with Crippen LogP contribution in [0.3, 0.4) is 0 Å². The lowest BCUT2D eigenvalue weighted by atomic mass is 10.1. The Bertz CT molecular complexity index is 837. The smallest absolute Gasteiger partial charge is 0.142 e. The molecule has 2 aromatic heterocycles. The standard InChI is InChI=1S/C15H15N5S/c1-9-7-13(20(2)19-9)18-15-11(14(16)21)8-10-5-3-4-6-12(10)17-15/h3-8H,1-2H3,(H2,16,21)(H,17,18). The van der Waals surface area contributed by atoms with Gasteiger partial charge < -0.3 is 11.1 Å². The summed E-state index contributed by atoms with van der Waals surface area (Å²) in [6, 6.07) is 11.8. The van der Waals surface area contributed by atoms with Gasteiger partial charge in [0.1, 0.15) is 16.6 Å². The van der Waals surface area contributed by atoms with E-state index in [1.807, 2.05) is 50.4 Å². The van der Waals surface area contributed by atoms with Crippen molar-refractivity contribution < 1.29 is 0 Å². The van der Waals surface area contributed by atoms with Crippen molar-refractivity contribution in [3.8, 4) is 0 Å². The first-order valence-corrected chi connectivity index (χ1v) is 6.92. The van der Waals surface area contributed by atoms with E-state index in [-0.39, 0.29) is 0 Å². The number of aromatic nitrogens is 3. The molecule has 0 spiro atoms. The molecular formula is C15H15N5S. The van der Waals surface area contributed by atoms with Gasteiger partial charge in [-0.2, -0.15) is 5.10 Å². The third kappa shape index (κ3) is 2.57. The molecule has 5 nitrogen and oxygen atoms in total. The van der Waals surface area contributed by atoms with E-state index in [1.54, 1.807) is 4.68 Å². The maximum Gasteiger partial charge on any atom is 0.142 e. The van der Waals surface area contributed by atoms with Gasteiger partial charge in [0.25, 0.3) is 0 Å². The number of nitrogens with two attached hydrogens (primary N) is 1. The molecular weight excluding hydrogens is 282 g/mol. The summed E-state index contributed by atoms with van der Waals surface area (Å²) < 4.78 is 1.76. The van der Waals surface area contributed by atoms with Gasteiger partial charge in [0, 0.05) is 18.5 Å². The van der Waals surface area contributed by atoms with Crippen molar-refractivity contribution >= 4 is 39.7 Å². The number of hydrogen-bond acceptors (Lipinski definition) is 4. The number of para-hydroxylation sites is 1. The van der Waals surface area contributed by atoms with Crippen LogP contribution in [0.5, 0.6) is 0 Å². The van der Waals surface area contributed by atoms with Gasteiger partial charge in [-0.05, 0) is 19.1 Å². The van der Waals surface area contributed by atoms with E-state index in [2.05, 4.69) is 15.4 Å². The fourth-order valence-corrected chi connectivity index (χ4v) is 2.40. The zero-order chi connectivity index (χ0) is 15.0. The normalized spacial score (nSPS) is 10.8. The fraction of sp³-hybridized carbons (Fsp3) is 0.133. The van der Waals surface area contributed by atoms with Gasteiger partial charge in [0.2, 0.25) is 0 Å². The second-order valence-electron chi connectivity index (χ2n) is 4.86. The van der Waals surface area contributed by atoms with Gasteiger partial charge in [-0.25, -0.2) is 4.98 Å². The van der Waals surface area contributed by atoms with Crippen molar-refractivity contribution in [2.24, 2.45) is 12.8 Å². The molecule has 0 bridgehead atoms. The van der Waals surface area contributed by atoms with Gasteiger partial charge in [-0.15, -0.1) is 0 Å². The zero-order valence-electron chi connectivity index (χ0n) is 11.8. The van der Waals surface area contributed by atoms with Crippen LogP contribution in [0.2, 0.25) is 0 Å². The van der Waals surface area contributed by atoms with E-state index in [4.69, 9.17) is 18.0 Å². The maximum atomic E-state index is 5.83. The molecule has 106 valence electrons. The Morgan fingerprint density at radius 1 is 1.29 bits per heavy atom. The Morgan fingerprint density at radius 2 is 2.05 bits per heavy atom. The zero-order valence-corrected chi connectivity index (χ0v) is 12.6. The SMILES string of the molecule is Cc1cc(Nc2nc3ccccc3cc2C(N)=S)n(C)n1. The summed E-state index contributed by atoms with van der Waals surface area (Å²) in [4.78, 5) is 4.94. The number of fused-ring (bicyclic) bond motifs is 1. The average Bonchev–Trinajstić information content (AvgIpc) is 2.76. The first-order chi connectivity index (χ1) is 10.0. The third-order valence-corrected chi connectivity index (χ3v) is 3.46. The molecule has 0 amide bonds. The molecule has 0 atom stereocenters. The molecule has 0 aliphatic heterocycles. The summed E-state index contributed by atoms with van der Waals surface area (Å²) in [6.45, 7) is 1.94. The predicted molar refractivity (Wildman–Crippen MR) is 88.9 cm³/mol. The lowest BCUT2D eigenvalue weighted by Crippen LogP contribution is -2.14. The number of hydrogen-bond donors (Lipinski definition) is 2. The number of pyridine rings is 1. The molecule has 0 saturated heterocycles. The van der Waals surface area contributed by atoms with Crippen LogP contribution in [0, 0.1) is 6.92 Å². The van der Waals surface area contributed by atoms with Crippen LogP contribution in [0.15, 0.2) is 36.4 Å². The van der Waals surface area contributed by atoms with Crippen molar-refractivity contribution in [1.82, 2.24) is 14.8 Å². The van der Waals surface area contributed by atoms with Crippen LogP contribution in [-0.2, 0) is 7.05 Å². The topological polar surface area (TPSA) is 68.8 Å². The number of anilines is 2. The molecule has 6 heteroatoms. The van der Waals surface area contributed by atoms with Crippen molar-refractivity contribution in [2.75, 3.05) is 5.32 Å². The summed E-state index contributed by atoms with van der Waals surface area (Å²) in [5, 5.41) is 8.57. The summed E-state index contributed by atoms with van der Waals surface area (Å²) in [5.74, 6) is 1.48. The highest BCUT2D eigenvalue weighted by Gasteiger charge is 2.11. The van der Waals surface area contributed by atoms with Crippen LogP contribution in [0.25, 0.3) is 10.9 Å². The molecule has 0 unspecified atom stereocenters. The van der Waals surface area contributed by atoms with Gasteiger partial charge in [-0.3, -0.25) is 4.68 Å². The van der Waals surface area contributed by atoms with Gasteiger partial charge in [0.15, 0.2) is 0 Å². The summed E-state index contributed by atoms with van der Waals surface area (Å²) in [5.41, 5.74) is 8.37. The Kier molecular flexibility index (Phi) is 3.31. The van der Waals surface area contributed by atoms with E-state index >= 15 is 0 Å². The summed E-state index contributed by atoms with van der Waals surface area (Å²) in [6.07, 6.45) is 0. The van der Waals surface area contributed by atoms with Gasteiger partial charge in [-0.1, -0.05) is 30.4 Å². The lowest BCUT2D eigenvalue weighted by Gasteiger charge is -2.11. The van der Waals surface area contributed by atoms with E-state index in [0.717, 1.165) is 28.0 Å². The predicted octanol–water partition coefficient (Wildman–Crippen LogP) is 2.65. The molecule has 2 heterocycles. The Morgan fingerprint density at radius 3 is 2.71 bits per heavy atom. The molecule has 0 aliphatic carbocycles. The molecule has 21 heavy (non-hydrogen) atoms. The minimum atomic E-state index is 0.314. The largest absolute Gasteiger partial charge is 0.389 e. The first-order valence-electron chi connectivity index (χ1n) is 6.52. The van der Waals surface area contributed by atoms with Crippen molar-refractivity contribution in [2.45, 2.75) is 6.92 Å². The van der Waals surface area contributed by atoms with Crippen LogP contribution >= 0.6 is 12.2 Å². The Balaban J connectivity index is 2.13. The van der Waals surface area contributed by atoms with Crippen molar-refractivity contribution in [1.29, 1.82) is 0 Å². The van der Waals surface area contributed by atoms with Gasteiger partial charge in [0.05, 0.1) is 16.8 Å². The van der Waals surface area contributed by atoms with Crippen LogP contribution in [0.1, 0.15) is 11.3 Å². The molecule has 3 N–H and O–H groups in total. The van der Waals surface area contributed by atoms with Crippen LogP contribution < -0.4 is 11.1 Å². The fourth-order valence-electron chi connectivity index (χ4n) is 2.25. The number of nitrogens with zero attached hydrogens (tertiary/aromatic N) is 3. The highest BCUT2D eigenvalue weighted by molar-refractivity contribution is 7.80. The summed E-state index contributed by atoms with van der Waals surface area (Å²) >= 11 is 5.14. The van der Waals surface area contributed by atoms with Crippen molar-refractivity contribution in [3.63, 3.8) is 0 Å². The molecule has 3 rings (SSSR count). The summed E-state index contributed by atoms with van der Waals surface area (Å²) in [7, 11) is 1.87. The number of thiocarbonyl (C=S) groups is 1. The lowest BCUT2D eigenvalue weighted by molar-refractivity contribution is 0.764. The first kappa shape index (κ1) is 13.5. The maximum absolute atomic E-state index is 5.83. The minimum Gasteiger partial charge on any atom is -0.389 e. The van der Waals surface area contributed by atoms with Gasteiger partial charge >= 0.3 is 0 Å². The number of nitrogens with one attached hydrogen (secondary N) is 1. The number of rotatable bonds is 3. The molecule has 3 aromatic rings. The molecule has 1 aromatic carbocycles. The highest BCUT2D eigenvalue weighted by atomic mass is 32.1. The second kappa shape index (κ2) is 5.14. The number of benzene rings is 1. The molecule has 0 radical (unpaired) electrons. The second-order valence-corrected chi connectivity index (χ2v) is 5.30. The van der Waals surface area contributed by atoms with Crippen LogP contribution in [0.4, 0.5) is 11.6 Å². The van der Waals surface area contributed by atoms with Crippen LogP contribution in [-0.4, -0.2) is 19.8 Å². The van der Waals surface area contributed by atoms with Crippen molar-refractivity contribution in [3.05, 3.63) is 47.7 Å². The number of aryl methyl sites for hydroxylation is 2. The van der Waals surface area contributed by atoms with E-state index < -0.39 is 0 Å². The Hall–Kier alpha value is -2.47.